The lowest BCUT2D eigenvalue weighted by molar-refractivity contribution is 0.0123. The molecule has 11 nitrogen and oxygen atoms in total. The molecule has 0 atom stereocenters. The van der Waals surface area contributed by atoms with Crippen molar-refractivity contribution in [3.05, 3.63) is 66.9 Å². The smallest absolute Gasteiger partial charge is 0.410 e. The van der Waals surface area contributed by atoms with Crippen LogP contribution in [0.2, 0.25) is 0 Å². The number of ether oxygens (including phenoxy) is 3. The number of hydrogen-bond acceptors (Lipinski definition) is 9. The summed E-state index contributed by atoms with van der Waals surface area (Å²) in [6.45, 7) is 6.62. The van der Waals surface area contributed by atoms with Crippen LogP contribution in [0.4, 0.5) is 20.7 Å². The molecule has 0 saturated carbocycles. The Morgan fingerprint density at radius 2 is 1.84 bits per heavy atom. The molecule has 0 radical (unpaired) electrons. The number of nitrogens with one attached hydrogen (secondary N) is 1. The van der Waals surface area contributed by atoms with Crippen LogP contribution in [0, 0.1) is 5.82 Å². The molecule has 3 aromatic heterocycles. The van der Waals surface area contributed by atoms with E-state index in [4.69, 9.17) is 14.2 Å². The quantitative estimate of drug-likeness (QED) is 0.243. The number of nitrogens with zero attached hydrogens (tertiary/aromatic N) is 6. The Kier molecular flexibility index (Phi) is 7.43. The summed E-state index contributed by atoms with van der Waals surface area (Å²) in [6, 6.07) is 13.6. The van der Waals surface area contributed by atoms with Crippen molar-refractivity contribution in [3.8, 4) is 17.4 Å². The molecule has 1 aliphatic rings. The normalized spacial score (nSPS) is 14.2. The standard InChI is InChI=1S/C31H32FN7O4/c1-31(2,3)43-30(40)39-13-11-21(12-14-39)42-27-10-8-24-28(36-27)29(34-18-33-24)35-20-6-9-26(23(32)15-20)41-22-7-5-19-17-38(4)37-25(19)16-22/h5-10,15-18,21H,11-14H2,1-4H3,(H,33,34,35). The first kappa shape index (κ1) is 28.1. The summed E-state index contributed by atoms with van der Waals surface area (Å²) in [7, 11) is 1.84. The maximum atomic E-state index is 15.1. The largest absolute Gasteiger partial charge is 0.474 e. The van der Waals surface area contributed by atoms with E-state index in [1.165, 1.54) is 12.4 Å². The van der Waals surface area contributed by atoms with Crippen molar-refractivity contribution in [2.75, 3.05) is 18.4 Å². The number of likely N-dealkylation sites (tertiary alicyclic amines) is 1. The van der Waals surface area contributed by atoms with Crippen molar-refractivity contribution in [2.45, 2.75) is 45.3 Å². The highest BCUT2D eigenvalue weighted by Gasteiger charge is 2.28. The maximum Gasteiger partial charge on any atom is 0.410 e. The lowest BCUT2D eigenvalue weighted by Crippen LogP contribution is -2.44. The first-order chi connectivity index (χ1) is 20.6. The number of fused-ring (bicyclic) bond motifs is 2. The van der Waals surface area contributed by atoms with Gasteiger partial charge in [0, 0.05) is 68.4 Å². The van der Waals surface area contributed by atoms with Crippen LogP contribution in [-0.4, -0.2) is 60.5 Å². The van der Waals surface area contributed by atoms with Gasteiger partial charge in [0.25, 0.3) is 0 Å². The molecule has 0 bridgehead atoms. The molecule has 222 valence electrons. The topological polar surface area (TPSA) is 117 Å². The van der Waals surface area contributed by atoms with Gasteiger partial charge in [-0.1, -0.05) is 0 Å². The van der Waals surface area contributed by atoms with E-state index in [1.54, 1.807) is 46.0 Å². The number of aromatic nitrogens is 5. The third kappa shape index (κ3) is 6.58. The molecular formula is C31H32FN7O4. The first-order valence-electron chi connectivity index (χ1n) is 14.0. The van der Waals surface area contributed by atoms with Gasteiger partial charge in [0.1, 0.15) is 29.3 Å². The molecule has 1 N–H and O–H groups in total. The zero-order valence-electron chi connectivity index (χ0n) is 24.4. The van der Waals surface area contributed by atoms with Gasteiger partial charge in [0.05, 0.1) is 11.0 Å². The predicted molar refractivity (Wildman–Crippen MR) is 159 cm³/mol. The van der Waals surface area contributed by atoms with E-state index in [9.17, 15) is 4.79 Å². The molecule has 6 rings (SSSR count). The van der Waals surface area contributed by atoms with Crippen molar-refractivity contribution in [3.63, 3.8) is 0 Å². The minimum Gasteiger partial charge on any atom is -0.474 e. The Bertz CT molecular complexity index is 1790. The highest BCUT2D eigenvalue weighted by molar-refractivity contribution is 5.87. The first-order valence-corrected chi connectivity index (χ1v) is 14.0. The molecule has 43 heavy (non-hydrogen) atoms. The summed E-state index contributed by atoms with van der Waals surface area (Å²) in [5.74, 6) is 0.851. The average molecular weight is 586 g/mol. The van der Waals surface area contributed by atoms with Crippen molar-refractivity contribution in [1.29, 1.82) is 0 Å². The van der Waals surface area contributed by atoms with Gasteiger partial charge in [-0.05, 0) is 51.1 Å². The minimum atomic E-state index is -0.542. The molecule has 1 amide bonds. The van der Waals surface area contributed by atoms with Gasteiger partial charge in [-0.3, -0.25) is 4.68 Å². The zero-order chi connectivity index (χ0) is 30.1. The number of carbonyl (C=O) groups is 1. The molecule has 0 aliphatic carbocycles. The molecular weight excluding hydrogens is 553 g/mol. The van der Waals surface area contributed by atoms with Gasteiger partial charge in [0.15, 0.2) is 17.4 Å². The van der Waals surface area contributed by atoms with E-state index in [0.29, 0.717) is 60.1 Å². The van der Waals surface area contributed by atoms with Crippen molar-refractivity contribution >= 4 is 39.5 Å². The van der Waals surface area contributed by atoms with Crippen molar-refractivity contribution in [2.24, 2.45) is 7.05 Å². The van der Waals surface area contributed by atoms with E-state index in [0.717, 1.165) is 10.9 Å². The fourth-order valence-corrected chi connectivity index (χ4v) is 4.84. The number of rotatable bonds is 6. The van der Waals surface area contributed by atoms with E-state index in [1.807, 2.05) is 40.1 Å². The second-order valence-electron chi connectivity index (χ2n) is 11.4. The Morgan fingerprint density at radius 1 is 1.02 bits per heavy atom. The van der Waals surface area contributed by atoms with Crippen molar-refractivity contribution in [1.82, 2.24) is 29.6 Å². The van der Waals surface area contributed by atoms with Gasteiger partial charge in [0.2, 0.25) is 5.88 Å². The summed E-state index contributed by atoms with van der Waals surface area (Å²) in [5.41, 5.74) is 1.78. The lowest BCUT2D eigenvalue weighted by Gasteiger charge is -2.33. The molecule has 12 heteroatoms. The van der Waals surface area contributed by atoms with Crippen LogP contribution < -0.4 is 14.8 Å². The predicted octanol–water partition coefficient (Wildman–Crippen LogP) is 6.36. The molecule has 1 aliphatic heterocycles. The number of halogens is 1. The van der Waals surface area contributed by atoms with Gasteiger partial charge in [-0.2, -0.15) is 5.10 Å². The maximum absolute atomic E-state index is 15.1. The molecule has 0 unspecified atom stereocenters. The molecule has 1 saturated heterocycles. The van der Waals surface area contributed by atoms with Gasteiger partial charge >= 0.3 is 6.09 Å². The van der Waals surface area contributed by atoms with E-state index >= 15 is 4.39 Å². The Balaban J connectivity index is 1.13. The number of carbonyl (C=O) groups excluding carboxylic acids is 1. The number of aryl methyl sites for hydroxylation is 1. The monoisotopic (exact) mass is 585 g/mol. The molecule has 2 aromatic carbocycles. The van der Waals surface area contributed by atoms with Gasteiger partial charge in [-0.15, -0.1) is 0 Å². The van der Waals surface area contributed by atoms with Crippen LogP contribution in [0.1, 0.15) is 33.6 Å². The summed E-state index contributed by atoms with van der Waals surface area (Å²) < 4.78 is 34.2. The summed E-state index contributed by atoms with van der Waals surface area (Å²) >= 11 is 0. The van der Waals surface area contributed by atoms with E-state index in [-0.39, 0.29) is 17.9 Å². The highest BCUT2D eigenvalue weighted by atomic mass is 19.1. The number of anilines is 2. The number of hydrogen-bond donors (Lipinski definition) is 1. The third-order valence-electron chi connectivity index (χ3n) is 6.85. The number of pyridine rings is 1. The second-order valence-corrected chi connectivity index (χ2v) is 11.4. The van der Waals surface area contributed by atoms with Gasteiger partial charge in [-0.25, -0.2) is 24.1 Å². The van der Waals surface area contributed by atoms with Crippen LogP contribution in [0.25, 0.3) is 21.9 Å². The number of amides is 1. The van der Waals surface area contributed by atoms with E-state index < -0.39 is 11.4 Å². The SMILES string of the molecule is Cn1cc2ccc(Oc3ccc(Nc4ncnc5ccc(OC6CCN(C(=O)OC(C)(C)C)CC6)nc45)cc3F)cc2n1. The fraction of sp³-hybridized carbons (Fsp3) is 0.323. The van der Waals surface area contributed by atoms with Crippen LogP contribution in [0.15, 0.2) is 61.1 Å². The minimum absolute atomic E-state index is 0.0832. The Labute approximate surface area is 247 Å². The average Bonchev–Trinajstić information content (AvgIpc) is 3.33. The third-order valence-corrected chi connectivity index (χ3v) is 6.85. The molecule has 4 heterocycles. The zero-order valence-corrected chi connectivity index (χ0v) is 24.4. The Hall–Kier alpha value is -5.00. The summed E-state index contributed by atoms with van der Waals surface area (Å²) in [6.07, 6.45) is 4.20. The van der Waals surface area contributed by atoms with Crippen molar-refractivity contribution < 1.29 is 23.4 Å². The summed E-state index contributed by atoms with van der Waals surface area (Å²) in [5, 5.41) is 8.48. The second kappa shape index (κ2) is 11.3. The van der Waals surface area contributed by atoms with Crippen LogP contribution in [0.3, 0.4) is 0 Å². The van der Waals surface area contributed by atoms with Crippen LogP contribution in [-0.2, 0) is 11.8 Å². The fourth-order valence-electron chi connectivity index (χ4n) is 4.84. The summed E-state index contributed by atoms with van der Waals surface area (Å²) in [4.78, 5) is 27.4. The molecule has 5 aromatic rings. The van der Waals surface area contributed by atoms with E-state index in [2.05, 4.69) is 25.4 Å². The highest BCUT2D eigenvalue weighted by Crippen LogP contribution is 2.31. The Morgan fingerprint density at radius 3 is 2.60 bits per heavy atom. The van der Waals surface area contributed by atoms with Crippen LogP contribution in [0.5, 0.6) is 17.4 Å². The molecule has 1 fully saturated rings. The van der Waals surface area contributed by atoms with Crippen LogP contribution >= 0.6 is 0 Å². The number of piperidine rings is 1. The molecule has 0 spiro atoms. The van der Waals surface area contributed by atoms with Gasteiger partial charge < -0.3 is 24.4 Å². The number of benzene rings is 2. The lowest BCUT2D eigenvalue weighted by atomic mass is 10.1.